The highest BCUT2D eigenvalue weighted by atomic mass is 32.1. The quantitative estimate of drug-likeness (QED) is 0.495. The Morgan fingerprint density at radius 3 is 2.78 bits per heavy atom. The monoisotopic (exact) mass is 268 g/mol. The molecule has 1 fully saturated rings. The van der Waals surface area contributed by atoms with Crippen LogP contribution >= 0.6 is 12.6 Å². The molecule has 1 aliphatic rings. The molecule has 1 saturated heterocycles. The van der Waals surface area contributed by atoms with Crippen LogP contribution in [0.25, 0.3) is 0 Å². The molecule has 1 unspecified atom stereocenters. The lowest BCUT2D eigenvalue weighted by atomic mass is 10.1. The van der Waals surface area contributed by atoms with E-state index < -0.39 is 4.92 Å². The zero-order chi connectivity index (χ0) is 13.3. The van der Waals surface area contributed by atoms with Crippen molar-refractivity contribution < 1.29 is 14.8 Å². The van der Waals surface area contributed by atoms with Gasteiger partial charge in [-0.3, -0.25) is 14.9 Å². The lowest BCUT2D eigenvalue weighted by Gasteiger charge is -2.17. The van der Waals surface area contributed by atoms with E-state index in [-0.39, 0.29) is 23.3 Å². The number of anilines is 1. The van der Waals surface area contributed by atoms with Crippen LogP contribution in [0.2, 0.25) is 0 Å². The average molecular weight is 268 g/mol. The van der Waals surface area contributed by atoms with Crippen LogP contribution in [0.5, 0.6) is 5.75 Å². The second kappa shape index (κ2) is 4.85. The number of phenols is 1. The van der Waals surface area contributed by atoms with Crippen molar-refractivity contribution in [1.29, 1.82) is 0 Å². The topological polar surface area (TPSA) is 83.7 Å². The van der Waals surface area contributed by atoms with E-state index >= 15 is 0 Å². The summed E-state index contributed by atoms with van der Waals surface area (Å²) >= 11 is 4.15. The van der Waals surface area contributed by atoms with Crippen LogP contribution in [-0.2, 0) is 4.79 Å². The molecular weight excluding hydrogens is 256 g/mol. The third-order valence-electron chi connectivity index (χ3n) is 2.92. The van der Waals surface area contributed by atoms with Crippen molar-refractivity contribution in [3.8, 4) is 5.75 Å². The number of amides is 1. The van der Waals surface area contributed by atoms with E-state index in [1.807, 2.05) is 0 Å². The second-order valence-electron chi connectivity index (χ2n) is 4.19. The van der Waals surface area contributed by atoms with E-state index in [1.54, 1.807) is 0 Å². The van der Waals surface area contributed by atoms with E-state index in [9.17, 15) is 20.0 Å². The van der Waals surface area contributed by atoms with E-state index in [0.717, 1.165) is 6.07 Å². The molecule has 96 valence electrons. The van der Waals surface area contributed by atoms with Crippen LogP contribution in [0.3, 0.4) is 0 Å². The van der Waals surface area contributed by atoms with Gasteiger partial charge in [-0.15, -0.1) is 0 Å². The fourth-order valence-corrected chi connectivity index (χ4v) is 2.23. The highest BCUT2D eigenvalue weighted by molar-refractivity contribution is 7.80. The number of hydrogen-bond donors (Lipinski definition) is 2. The average Bonchev–Trinajstić information content (AvgIpc) is 2.70. The molecule has 1 N–H and O–H groups in total. The minimum atomic E-state index is -0.591. The summed E-state index contributed by atoms with van der Waals surface area (Å²) in [6.07, 6.45) is 0.389. The normalized spacial score (nSPS) is 19.3. The van der Waals surface area contributed by atoms with Gasteiger partial charge >= 0.3 is 0 Å². The summed E-state index contributed by atoms with van der Waals surface area (Å²) in [6, 6.07) is 3.72. The maximum absolute atomic E-state index is 11.8. The number of phenolic OH excluding ortho intramolecular Hbond substituents is 1. The Balaban J connectivity index is 2.29. The fourth-order valence-electron chi connectivity index (χ4n) is 1.99. The number of nitrogens with zero attached hydrogens (tertiary/aromatic N) is 2. The molecule has 6 nitrogen and oxygen atoms in total. The molecule has 0 radical (unpaired) electrons. The summed E-state index contributed by atoms with van der Waals surface area (Å²) < 4.78 is 0. The minimum Gasteiger partial charge on any atom is -0.505 e. The van der Waals surface area contributed by atoms with E-state index in [4.69, 9.17) is 0 Å². The standard InChI is InChI=1S/C11H12N2O4S/c14-10-4-8(13(16)17)1-2-9(10)12-5-7(6-18)3-11(12)15/h1-2,4,7,14,18H,3,5-6H2. The van der Waals surface area contributed by atoms with Crippen LogP contribution in [0, 0.1) is 16.0 Å². The van der Waals surface area contributed by atoms with Crippen molar-refractivity contribution in [3.05, 3.63) is 28.3 Å². The second-order valence-corrected chi connectivity index (χ2v) is 4.55. The first kappa shape index (κ1) is 12.7. The van der Waals surface area contributed by atoms with Gasteiger partial charge in [-0.25, -0.2) is 0 Å². The molecular formula is C11H12N2O4S. The predicted octanol–water partition coefficient (Wildman–Crippen LogP) is 1.58. The summed E-state index contributed by atoms with van der Waals surface area (Å²) in [5, 5.41) is 20.3. The van der Waals surface area contributed by atoms with Crippen molar-refractivity contribution in [3.63, 3.8) is 0 Å². The zero-order valence-electron chi connectivity index (χ0n) is 9.44. The third kappa shape index (κ3) is 2.26. The van der Waals surface area contributed by atoms with E-state index in [0.29, 0.717) is 24.4 Å². The Morgan fingerprint density at radius 1 is 1.56 bits per heavy atom. The summed E-state index contributed by atoms with van der Waals surface area (Å²) in [5.74, 6) is 0.390. The van der Waals surface area contributed by atoms with Crippen molar-refractivity contribution >= 4 is 29.9 Å². The van der Waals surface area contributed by atoms with Crippen LogP contribution in [0.15, 0.2) is 18.2 Å². The molecule has 1 aromatic carbocycles. The van der Waals surface area contributed by atoms with Crippen LogP contribution < -0.4 is 4.90 Å². The van der Waals surface area contributed by atoms with Crippen molar-refractivity contribution in [2.75, 3.05) is 17.2 Å². The van der Waals surface area contributed by atoms with Gasteiger partial charge in [0.15, 0.2) is 0 Å². The van der Waals surface area contributed by atoms with Gasteiger partial charge in [0, 0.05) is 19.0 Å². The first-order valence-electron chi connectivity index (χ1n) is 5.41. The fraction of sp³-hybridized carbons (Fsp3) is 0.364. The van der Waals surface area contributed by atoms with Crippen molar-refractivity contribution in [2.45, 2.75) is 6.42 Å². The smallest absolute Gasteiger partial charge is 0.273 e. The number of thiol groups is 1. The molecule has 2 rings (SSSR count). The van der Waals surface area contributed by atoms with Crippen LogP contribution in [0.1, 0.15) is 6.42 Å². The van der Waals surface area contributed by atoms with Crippen LogP contribution in [-0.4, -0.2) is 28.2 Å². The third-order valence-corrected chi connectivity index (χ3v) is 3.44. The van der Waals surface area contributed by atoms with Crippen LogP contribution in [0.4, 0.5) is 11.4 Å². The maximum Gasteiger partial charge on any atom is 0.273 e. The van der Waals surface area contributed by atoms with Gasteiger partial charge in [0.25, 0.3) is 5.69 Å². The molecule has 0 aliphatic carbocycles. The summed E-state index contributed by atoms with van der Waals surface area (Å²) in [5.41, 5.74) is 0.114. The predicted molar refractivity (Wildman–Crippen MR) is 69.1 cm³/mol. The number of benzene rings is 1. The minimum absolute atomic E-state index is 0.0989. The van der Waals surface area contributed by atoms with E-state index in [1.165, 1.54) is 17.0 Å². The Labute approximate surface area is 109 Å². The van der Waals surface area contributed by atoms with Gasteiger partial charge in [0.2, 0.25) is 5.91 Å². The van der Waals surface area contributed by atoms with Gasteiger partial charge < -0.3 is 10.0 Å². The molecule has 1 amide bonds. The van der Waals surface area contributed by atoms with Gasteiger partial charge in [-0.05, 0) is 17.7 Å². The highest BCUT2D eigenvalue weighted by Crippen LogP contribution is 2.34. The van der Waals surface area contributed by atoms with Gasteiger partial charge in [0.05, 0.1) is 16.7 Å². The Kier molecular flexibility index (Phi) is 3.42. The zero-order valence-corrected chi connectivity index (χ0v) is 10.3. The van der Waals surface area contributed by atoms with Gasteiger partial charge in [0.1, 0.15) is 5.75 Å². The molecule has 0 spiro atoms. The SMILES string of the molecule is O=C1CC(CS)CN1c1ccc([N+](=O)[O-])cc1O. The molecule has 1 aromatic rings. The lowest BCUT2D eigenvalue weighted by molar-refractivity contribution is -0.384. The number of nitro groups is 1. The molecule has 18 heavy (non-hydrogen) atoms. The number of hydrogen-bond acceptors (Lipinski definition) is 5. The molecule has 7 heteroatoms. The maximum atomic E-state index is 11.8. The molecule has 0 saturated carbocycles. The van der Waals surface area contributed by atoms with Crippen molar-refractivity contribution in [2.24, 2.45) is 5.92 Å². The number of carbonyl (C=O) groups is 1. The molecule has 1 heterocycles. The van der Waals surface area contributed by atoms with Gasteiger partial charge in [-0.1, -0.05) is 0 Å². The van der Waals surface area contributed by atoms with Crippen molar-refractivity contribution in [1.82, 2.24) is 0 Å². The summed E-state index contributed by atoms with van der Waals surface area (Å²) in [4.78, 5) is 23.2. The number of rotatable bonds is 3. The Morgan fingerprint density at radius 2 is 2.28 bits per heavy atom. The Hall–Kier alpha value is -1.76. The highest BCUT2D eigenvalue weighted by Gasteiger charge is 2.31. The molecule has 0 aromatic heterocycles. The van der Waals surface area contributed by atoms with Gasteiger partial charge in [-0.2, -0.15) is 12.6 Å². The number of carbonyl (C=O) groups excluding carboxylic acids is 1. The summed E-state index contributed by atoms with van der Waals surface area (Å²) in [6.45, 7) is 0.480. The lowest BCUT2D eigenvalue weighted by Crippen LogP contribution is -2.24. The summed E-state index contributed by atoms with van der Waals surface area (Å²) in [7, 11) is 0. The largest absolute Gasteiger partial charge is 0.505 e. The number of aromatic hydroxyl groups is 1. The Bertz CT molecular complexity index is 506. The molecule has 1 aliphatic heterocycles. The van der Waals surface area contributed by atoms with E-state index in [2.05, 4.69) is 12.6 Å². The number of non-ortho nitro benzene ring substituents is 1. The number of nitro benzene ring substituents is 1. The molecule has 0 bridgehead atoms. The first-order valence-corrected chi connectivity index (χ1v) is 6.04. The molecule has 1 atom stereocenters. The first-order chi connectivity index (χ1) is 8.52.